The van der Waals surface area contributed by atoms with Crippen LogP contribution in [0.4, 0.5) is 5.82 Å². The molecule has 0 unspecified atom stereocenters. The maximum absolute atomic E-state index is 13.2. The Balaban J connectivity index is 1.36. The van der Waals surface area contributed by atoms with E-state index in [1.54, 1.807) is 18.1 Å². The van der Waals surface area contributed by atoms with Crippen molar-refractivity contribution in [1.29, 1.82) is 0 Å². The van der Waals surface area contributed by atoms with Crippen LogP contribution in [0, 0.1) is 6.92 Å². The molecule has 1 saturated heterocycles. The molecule has 0 N–H and O–H groups in total. The highest BCUT2D eigenvalue weighted by Gasteiger charge is 2.34. The molecule has 2 amide bonds. The number of rotatable bonds is 4. The molecule has 0 aromatic carbocycles. The SMILES string of the molecule is Cc1nc([C@@H]2CCCN2C(=O)Cc2csc(-c3ccccn3)n2)nc2c1CCC(=O)N2C. The van der Waals surface area contributed by atoms with Gasteiger partial charge in [-0.15, -0.1) is 11.3 Å². The fraction of sp³-hybridized carbons (Fsp3) is 0.391. The van der Waals surface area contributed by atoms with Gasteiger partial charge in [0.15, 0.2) is 5.82 Å². The van der Waals surface area contributed by atoms with Crippen molar-refractivity contribution in [3.05, 3.63) is 52.6 Å². The molecular formula is C23H24N6O2S. The van der Waals surface area contributed by atoms with Gasteiger partial charge >= 0.3 is 0 Å². The highest BCUT2D eigenvalue weighted by molar-refractivity contribution is 7.13. The van der Waals surface area contributed by atoms with Crippen LogP contribution in [-0.2, 0) is 22.4 Å². The Bertz CT molecular complexity index is 1180. The van der Waals surface area contributed by atoms with Crippen molar-refractivity contribution in [2.75, 3.05) is 18.5 Å². The molecule has 0 aliphatic carbocycles. The minimum atomic E-state index is -0.175. The Morgan fingerprint density at radius 3 is 2.91 bits per heavy atom. The van der Waals surface area contributed by atoms with Gasteiger partial charge in [-0.25, -0.2) is 15.0 Å². The Kier molecular flexibility index (Phi) is 5.42. The zero-order chi connectivity index (χ0) is 22.2. The van der Waals surface area contributed by atoms with E-state index in [2.05, 4.69) is 9.97 Å². The van der Waals surface area contributed by atoms with Crippen LogP contribution >= 0.6 is 11.3 Å². The Morgan fingerprint density at radius 1 is 1.22 bits per heavy atom. The van der Waals surface area contributed by atoms with Crippen LogP contribution in [0.1, 0.15) is 48.1 Å². The van der Waals surface area contributed by atoms with Gasteiger partial charge in [-0.1, -0.05) is 6.07 Å². The molecule has 2 aliphatic rings. The lowest BCUT2D eigenvalue weighted by Gasteiger charge is -2.28. The first-order valence-electron chi connectivity index (χ1n) is 10.8. The zero-order valence-corrected chi connectivity index (χ0v) is 18.9. The van der Waals surface area contributed by atoms with Gasteiger partial charge in [-0.2, -0.15) is 0 Å². The Morgan fingerprint density at radius 2 is 2.09 bits per heavy atom. The van der Waals surface area contributed by atoms with E-state index in [1.807, 2.05) is 35.4 Å². The summed E-state index contributed by atoms with van der Waals surface area (Å²) in [6.45, 7) is 2.64. The first-order valence-corrected chi connectivity index (χ1v) is 11.7. The van der Waals surface area contributed by atoms with Gasteiger partial charge in [0.25, 0.3) is 0 Å². The maximum Gasteiger partial charge on any atom is 0.229 e. The van der Waals surface area contributed by atoms with Crippen molar-refractivity contribution in [3.63, 3.8) is 0 Å². The zero-order valence-electron chi connectivity index (χ0n) is 18.1. The van der Waals surface area contributed by atoms with Crippen molar-refractivity contribution in [2.45, 2.75) is 45.1 Å². The summed E-state index contributed by atoms with van der Waals surface area (Å²) in [5, 5.41) is 2.74. The number of nitrogens with zero attached hydrogens (tertiary/aromatic N) is 6. The summed E-state index contributed by atoms with van der Waals surface area (Å²) in [5.74, 6) is 1.39. The number of hydrogen-bond acceptors (Lipinski definition) is 7. The van der Waals surface area contributed by atoms with Gasteiger partial charge < -0.3 is 4.90 Å². The third-order valence-electron chi connectivity index (χ3n) is 6.13. The second kappa shape index (κ2) is 8.38. The van der Waals surface area contributed by atoms with E-state index in [4.69, 9.17) is 9.97 Å². The van der Waals surface area contributed by atoms with Crippen LogP contribution in [0.5, 0.6) is 0 Å². The van der Waals surface area contributed by atoms with Crippen LogP contribution in [0.25, 0.3) is 10.7 Å². The number of carbonyl (C=O) groups excluding carboxylic acids is 2. The average Bonchev–Trinajstić information content (AvgIpc) is 3.47. The van der Waals surface area contributed by atoms with Crippen LogP contribution in [0.2, 0.25) is 0 Å². The largest absolute Gasteiger partial charge is 0.332 e. The Hall–Kier alpha value is -3.20. The third kappa shape index (κ3) is 3.77. The second-order valence-electron chi connectivity index (χ2n) is 8.20. The van der Waals surface area contributed by atoms with E-state index in [0.717, 1.165) is 40.5 Å². The average molecular weight is 449 g/mol. The number of pyridine rings is 1. The first-order chi connectivity index (χ1) is 15.5. The molecule has 164 valence electrons. The van der Waals surface area contributed by atoms with Crippen LogP contribution in [0.3, 0.4) is 0 Å². The summed E-state index contributed by atoms with van der Waals surface area (Å²) < 4.78 is 0. The van der Waals surface area contributed by atoms with Crippen molar-refractivity contribution < 1.29 is 9.59 Å². The van der Waals surface area contributed by atoms with Crippen LogP contribution in [-0.4, -0.2) is 50.2 Å². The number of carbonyl (C=O) groups is 2. The summed E-state index contributed by atoms with van der Waals surface area (Å²) in [7, 11) is 1.76. The fourth-order valence-corrected chi connectivity index (χ4v) is 5.22. The fourth-order valence-electron chi connectivity index (χ4n) is 4.42. The number of fused-ring (bicyclic) bond motifs is 1. The molecule has 0 bridgehead atoms. The number of thiazole rings is 1. The summed E-state index contributed by atoms with van der Waals surface area (Å²) in [5.41, 5.74) is 3.48. The van der Waals surface area contributed by atoms with Crippen LogP contribution < -0.4 is 4.90 Å². The molecule has 2 aliphatic heterocycles. The smallest absolute Gasteiger partial charge is 0.229 e. The first kappa shape index (κ1) is 20.7. The number of anilines is 1. The van der Waals surface area contributed by atoms with E-state index in [1.165, 1.54) is 11.3 Å². The maximum atomic E-state index is 13.2. The summed E-state index contributed by atoms with van der Waals surface area (Å²) in [6.07, 6.45) is 4.85. The molecule has 3 aromatic heterocycles. The van der Waals surface area contributed by atoms with Gasteiger partial charge in [0, 0.05) is 42.8 Å². The van der Waals surface area contributed by atoms with Gasteiger partial charge in [0.05, 0.1) is 23.9 Å². The lowest BCUT2D eigenvalue weighted by molar-refractivity contribution is -0.131. The molecule has 5 rings (SSSR count). The molecule has 0 spiro atoms. The minimum absolute atomic E-state index is 0.0220. The number of likely N-dealkylation sites (tertiary alicyclic amines) is 1. The summed E-state index contributed by atoms with van der Waals surface area (Å²) in [4.78, 5) is 47.3. The van der Waals surface area contributed by atoms with Crippen molar-refractivity contribution in [1.82, 2.24) is 24.8 Å². The standard InChI is InChI=1S/C23H24N6O2S/c1-14-16-8-9-19(30)28(2)22(16)27-21(25-14)18-7-5-11-29(18)20(31)12-15-13-32-23(26-15)17-6-3-4-10-24-17/h3-4,6,10,13,18H,5,7-9,11-12H2,1-2H3/t18-/m0/s1. The minimum Gasteiger partial charge on any atom is -0.332 e. The molecule has 0 saturated carbocycles. The molecule has 9 heteroatoms. The Labute approximate surface area is 190 Å². The quantitative estimate of drug-likeness (QED) is 0.609. The summed E-state index contributed by atoms with van der Waals surface area (Å²) >= 11 is 1.50. The molecule has 32 heavy (non-hydrogen) atoms. The molecule has 5 heterocycles. The molecule has 3 aromatic rings. The van der Waals surface area contributed by atoms with Crippen molar-refractivity contribution >= 4 is 29.0 Å². The predicted molar refractivity (Wildman–Crippen MR) is 121 cm³/mol. The second-order valence-corrected chi connectivity index (χ2v) is 9.06. The van der Waals surface area contributed by atoms with E-state index in [-0.39, 0.29) is 24.3 Å². The molecule has 1 fully saturated rings. The highest BCUT2D eigenvalue weighted by atomic mass is 32.1. The van der Waals surface area contributed by atoms with E-state index in [0.29, 0.717) is 31.0 Å². The third-order valence-corrected chi connectivity index (χ3v) is 7.04. The molecular weight excluding hydrogens is 424 g/mol. The molecule has 8 nitrogen and oxygen atoms in total. The van der Waals surface area contributed by atoms with E-state index < -0.39 is 0 Å². The van der Waals surface area contributed by atoms with Crippen molar-refractivity contribution in [2.24, 2.45) is 0 Å². The topological polar surface area (TPSA) is 92.2 Å². The molecule has 1 atom stereocenters. The summed E-state index contributed by atoms with van der Waals surface area (Å²) in [6, 6.07) is 5.53. The van der Waals surface area contributed by atoms with Gasteiger partial charge in [0.2, 0.25) is 11.8 Å². The van der Waals surface area contributed by atoms with E-state index >= 15 is 0 Å². The van der Waals surface area contributed by atoms with Gasteiger partial charge in [-0.3, -0.25) is 19.5 Å². The number of amides is 2. The van der Waals surface area contributed by atoms with Crippen molar-refractivity contribution in [3.8, 4) is 10.7 Å². The lowest BCUT2D eigenvalue weighted by Crippen LogP contribution is -2.35. The lowest BCUT2D eigenvalue weighted by atomic mass is 10.0. The number of aryl methyl sites for hydroxylation is 1. The number of hydrogen-bond donors (Lipinski definition) is 0. The predicted octanol–water partition coefficient (Wildman–Crippen LogP) is 3.12. The number of aromatic nitrogens is 4. The highest BCUT2D eigenvalue weighted by Crippen LogP contribution is 2.34. The van der Waals surface area contributed by atoms with Crippen LogP contribution in [0.15, 0.2) is 29.8 Å². The van der Waals surface area contributed by atoms with Gasteiger partial charge in [0.1, 0.15) is 10.8 Å². The monoisotopic (exact) mass is 448 g/mol. The van der Waals surface area contributed by atoms with Gasteiger partial charge in [-0.05, 0) is 38.3 Å². The normalized spacial score (nSPS) is 18.2. The van der Waals surface area contributed by atoms with E-state index in [9.17, 15) is 9.59 Å². The molecule has 0 radical (unpaired) electrons.